The lowest BCUT2D eigenvalue weighted by Crippen LogP contribution is -2.30. The lowest BCUT2D eigenvalue weighted by atomic mass is 10.3. The lowest BCUT2D eigenvalue weighted by Gasteiger charge is -2.10. The largest absolute Gasteiger partial charge is 0.379 e. The predicted octanol–water partition coefficient (Wildman–Crippen LogP) is -0.126. The summed E-state index contributed by atoms with van der Waals surface area (Å²) in [6.07, 6.45) is 1.57. The van der Waals surface area contributed by atoms with Crippen LogP contribution in [-0.4, -0.2) is 72.6 Å². The lowest BCUT2D eigenvalue weighted by molar-refractivity contribution is 0.122. The van der Waals surface area contributed by atoms with Gasteiger partial charge in [0.05, 0.1) is 19.0 Å². The zero-order chi connectivity index (χ0) is 14.6. The van der Waals surface area contributed by atoms with Crippen molar-refractivity contribution in [1.82, 2.24) is 14.9 Å². The topological polar surface area (TPSA) is 70.7 Å². The van der Waals surface area contributed by atoms with Gasteiger partial charge >= 0.3 is 0 Å². The molecule has 0 aromatic carbocycles. The van der Waals surface area contributed by atoms with E-state index in [0.29, 0.717) is 26.2 Å². The van der Waals surface area contributed by atoms with Crippen molar-refractivity contribution in [2.75, 3.05) is 59.2 Å². The van der Waals surface area contributed by atoms with E-state index in [2.05, 4.69) is 10.0 Å². The van der Waals surface area contributed by atoms with E-state index in [1.165, 1.54) is 0 Å². The van der Waals surface area contributed by atoms with E-state index in [9.17, 15) is 8.42 Å². The highest BCUT2D eigenvalue weighted by molar-refractivity contribution is 7.89. The van der Waals surface area contributed by atoms with Crippen LogP contribution in [0.1, 0.15) is 19.8 Å². The zero-order valence-electron chi connectivity index (χ0n) is 12.4. The highest BCUT2D eigenvalue weighted by Crippen LogP contribution is 1.93. The minimum Gasteiger partial charge on any atom is -0.379 e. The van der Waals surface area contributed by atoms with Crippen LogP contribution in [0.5, 0.6) is 0 Å². The summed E-state index contributed by atoms with van der Waals surface area (Å²) in [5, 5.41) is 3.17. The summed E-state index contributed by atoms with van der Waals surface area (Å²) in [5.41, 5.74) is 0. The van der Waals surface area contributed by atoms with E-state index in [-0.39, 0.29) is 5.75 Å². The molecule has 0 aromatic rings. The van der Waals surface area contributed by atoms with Gasteiger partial charge in [-0.15, -0.1) is 0 Å². The second-order valence-electron chi connectivity index (χ2n) is 4.69. The Hall–Kier alpha value is -0.210. The Morgan fingerprint density at radius 2 is 1.84 bits per heavy atom. The van der Waals surface area contributed by atoms with Crippen LogP contribution in [-0.2, 0) is 14.8 Å². The third kappa shape index (κ3) is 14.0. The molecular weight excluding hydrogens is 266 g/mol. The van der Waals surface area contributed by atoms with Crippen LogP contribution < -0.4 is 10.0 Å². The fraction of sp³-hybridized carbons (Fsp3) is 1.00. The number of nitrogens with one attached hydrogen (secondary N) is 2. The predicted molar refractivity (Wildman–Crippen MR) is 78.9 cm³/mol. The van der Waals surface area contributed by atoms with Crippen LogP contribution in [0, 0.1) is 0 Å². The van der Waals surface area contributed by atoms with Crippen molar-refractivity contribution in [2.24, 2.45) is 0 Å². The van der Waals surface area contributed by atoms with Crippen LogP contribution in [0.4, 0.5) is 0 Å². The molecule has 0 rings (SSSR count). The smallest absolute Gasteiger partial charge is 0.211 e. The Morgan fingerprint density at radius 1 is 1.11 bits per heavy atom. The maximum Gasteiger partial charge on any atom is 0.211 e. The van der Waals surface area contributed by atoms with Crippen molar-refractivity contribution in [1.29, 1.82) is 0 Å². The van der Waals surface area contributed by atoms with Gasteiger partial charge in [0.1, 0.15) is 0 Å². The molecule has 0 aliphatic rings. The number of ether oxygens (including phenoxy) is 1. The Kier molecular flexibility index (Phi) is 11.5. The number of sulfonamides is 1. The van der Waals surface area contributed by atoms with E-state index in [1.807, 2.05) is 25.9 Å². The number of hydrogen-bond donors (Lipinski definition) is 2. The summed E-state index contributed by atoms with van der Waals surface area (Å²) < 4.78 is 31.1. The maximum absolute atomic E-state index is 11.6. The molecule has 0 heterocycles. The minimum atomic E-state index is -3.14. The fourth-order valence-electron chi connectivity index (χ4n) is 1.41. The molecule has 0 atom stereocenters. The van der Waals surface area contributed by atoms with Crippen LogP contribution in [0.15, 0.2) is 0 Å². The molecule has 0 aromatic heterocycles. The zero-order valence-corrected chi connectivity index (χ0v) is 13.3. The normalized spacial score (nSPS) is 12.2. The highest BCUT2D eigenvalue weighted by atomic mass is 32.2. The average molecular weight is 295 g/mol. The molecule has 0 radical (unpaired) electrons. The molecule has 0 saturated carbocycles. The summed E-state index contributed by atoms with van der Waals surface area (Å²) in [7, 11) is 0.803. The Morgan fingerprint density at radius 3 is 2.47 bits per heavy atom. The van der Waals surface area contributed by atoms with E-state index in [1.54, 1.807) is 0 Å². The molecule has 0 aliphatic heterocycles. The third-order valence-electron chi connectivity index (χ3n) is 2.52. The van der Waals surface area contributed by atoms with Gasteiger partial charge in [-0.3, -0.25) is 0 Å². The maximum atomic E-state index is 11.6. The molecule has 116 valence electrons. The first kappa shape index (κ1) is 18.8. The SMILES string of the molecule is CCNCCCCS(=O)(=O)NCCOCCN(C)C. The number of unbranched alkanes of at least 4 members (excludes halogenated alkanes) is 1. The molecule has 0 bridgehead atoms. The van der Waals surface area contributed by atoms with Gasteiger partial charge in [0.2, 0.25) is 10.0 Å². The number of likely N-dealkylation sites (N-methyl/N-ethyl adjacent to an activating group) is 1. The van der Waals surface area contributed by atoms with Crippen LogP contribution in [0.3, 0.4) is 0 Å². The third-order valence-corrected chi connectivity index (χ3v) is 3.99. The average Bonchev–Trinajstić information content (AvgIpc) is 2.33. The molecule has 7 heteroatoms. The van der Waals surface area contributed by atoms with E-state index >= 15 is 0 Å². The summed E-state index contributed by atoms with van der Waals surface area (Å²) >= 11 is 0. The Balaban J connectivity index is 3.46. The molecule has 0 fully saturated rings. The fourth-order valence-corrected chi connectivity index (χ4v) is 2.53. The summed E-state index contributed by atoms with van der Waals surface area (Å²) in [5.74, 6) is 0.191. The van der Waals surface area contributed by atoms with E-state index in [4.69, 9.17) is 4.74 Å². The molecule has 2 N–H and O–H groups in total. The van der Waals surface area contributed by atoms with Gasteiger partial charge in [-0.2, -0.15) is 0 Å². The molecule has 0 amide bonds. The summed E-state index contributed by atoms with van der Waals surface area (Å²) in [6, 6.07) is 0. The van der Waals surface area contributed by atoms with Crippen molar-refractivity contribution < 1.29 is 13.2 Å². The van der Waals surface area contributed by atoms with Crippen LogP contribution >= 0.6 is 0 Å². The van der Waals surface area contributed by atoms with Gasteiger partial charge in [-0.1, -0.05) is 6.92 Å². The van der Waals surface area contributed by atoms with Crippen molar-refractivity contribution >= 4 is 10.0 Å². The number of hydrogen-bond acceptors (Lipinski definition) is 5. The first-order valence-corrected chi connectivity index (χ1v) is 8.53. The van der Waals surface area contributed by atoms with Crippen LogP contribution in [0.2, 0.25) is 0 Å². The van der Waals surface area contributed by atoms with Gasteiger partial charge in [0, 0.05) is 13.1 Å². The quantitative estimate of drug-likeness (QED) is 0.463. The standard InChI is InChI=1S/C12H29N3O3S/c1-4-13-7-5-6-12-19(16,17)14-8-10-18-11-9-15(2)3/h13-14H,4-12H2,1-3H3. The number of nitrogens with zero attached hydrogens (tertiary/aromatic N) is 1. The molecule has 19 heavy (non-hydrogen) atoms. The van der Waals surface area contributed by atoms with Gasteiger partial charge < -0.3 is 15.0 Å². The van der Waals surface area contributed by atoms with Crippen molar-refractivity contribution in [3.05, 3.63) is 0 Å². The summed E-state index contributed by atoms with van der Waals surface area (Å²) in [4.78, 5) is 2.02. The Labute approximate surface area is 117 Å². The monoisotopic (exact) mass is 295 g/mol. The van der Waals surface area contributed by atoms with Gasteiger partial charge in [0.15, 0.2) is 0 Å². The van der Waals surface area contributed by atoms with Crippen LogP contribution in [0.25, 0.3) is 0 Å². The number of rotatable bonds is 13. The second-order valence-corrected chi connectivity index (χ2v) is 6.62. The van der Waals surface area contributed by atoms with Gasteiger partial charge in [-0.25, -0.2) is 13.1 Å². The molecular formula is C12H29N3O3S. The molecule has 0 spiro atoms. The highest BCUT2D eigenvalue weighted by Gasteiger charge is 2.08. The van der Waals surface area contributed by atoms with Gasteiger partial charge in [-0.05, 0) is 40.0 Å². The molecule has 6 nitrogen and oxygen atoms in total. The van der Waals surface area contributed by atoms with Crippen molar-refractivity contribution in [3.8, 4) is 0 Å². The first-order chi connectivity index (χ1) is 8.98. The molecule has 0 aliphatic carbocycles. The van der Waals surface area contributed by atoms with Crippen molar-refractivity contribution in [2.45, 2.75) is 19.8 Å². The minimum absolute atomic E-state index is 0.191. The first-order valence-electron chi connectivity index (χ1n) is 6.88. The molecule has 0 unspecified atom stereocenters. The van der Waals surface area contributed by atoms with Gasteiger partial charge in [0.25, 0.3) is 0 Å². The summed E-state index contributed by atoms with van der Waals surface area (Å²) in [6.45, 7) is 6.07. The van der Waals surface area contributed by atoms with E-state index < -0.39 is 10.0 Å². The molecule has 0 saturated heterocycles. The van der Waals surface area contributed by atoms with E-state index in [0.717, 1.165) is 26.1 Å². The Bertz CT molecular complexity index is 295. The van der Waals surface area contributed by atoms with Crippen molar-refractivity contribution in [3.63, 3.8) is 0 Å². The second kappa shape index (κ2) is 11.6.